The van der Waals surface area contributed by atoms with Gasteiger partial charge in [0, 0.05) is 0 Å². The van der Waals surface area contributed by atoms with Crippen molar-refractivity contribution in [2.24, 2.45) is 0 Å². The Kier molecular flexibility index (Phi) is 9.29. The monoisotopic (exact) mass is 263 g/mol. The van der Waals surface area contributed by atoms with E-state index in [4.69, 9.17) is 4.74 Å². The number of halogens is 1. The van der Waals surface area contributed by atoms with Gasteiger partial charge in [0.15, 0.2) is 0 Å². The Labute approximate surface area is 114 Å². The largest absolute Gasteiger partial charge is 1.00 e. The minimum absolute atomic E-state index is 0. The van der Waals surface area contributed by atoms with E-state index in [1.165, 1.54) is 62.8 Å². The SMILES string of the molecule is CCCC[N+](CCC)(CCCC)CC1CO1.[Cl-]. The van der Waals surface area contributed by atoms with Gasteiger partial charge in [0.2, 0.25) is 0 Å². The zero-order valence-electron chi connectivity index (χ0n) is 11.9. The molecule has 2 nitrogen and oxygen atoms in total. The maximum absolute atomic E-state index is 5.45. The Bertz CT molecular complexity index is 175. The summed E-state index contributed by atoms with van der Waals surface area (Å²) in [4.78, 5) is 0. The van der Waals surface area contributed by atoms with E-state index in [0.717, 1.165) is 6.61 Å². The van der Waals surface area contributed by atoms with Crippen LogP contribution in [0.2, 0.25) is 0 Å². The van der Waals surface area contributed by atoms with Crippen LogP contribution in [-0.2, 0) is 4.74 Å². The van der Waals surface area contributed by atoms with Crippen LogP contribution in [0.4, 0.5) is 0 Å². The van der Waals surface area contributed by atoms with Crippen molar-refractivity contribution in [1.29, 1.82) is 0 Å². The summed E-state index contributed by atoms with van der Waals surface area (Å²) in [6.07, 6.45) is 7.27. The van der Waals surface area contributed by atoms with E-state index in [2.05, 4.69) is 20.8 Å². The summed E-state index contributed by atoms with van der Waals surface area (Å²) in [5.74, 6) is 0. The van der Waals surface area contributed by atoms with Gasteiger partial charge in [-0.1, -0.05) is 33.6 Å². The third-order valence-electron chi connectivity index (χ3n) is 3.66. The summed E-state index contributed by atoms with van der Waals surface area (Å²) in [6.45, 7) is 13.3. The summed E-state index contributed by atoms with van der Waals surface area (Å²) in [5, 5.41) is 0. The van der Waals surface area contributed by atoms with Crippen LogP contribution in [0.5, 0.6) is 0 Å². The molecule has 3 heteroatoms. The van der Waals surface area contributed by atoms with Gasteiger partial charge in [-0.25, -0.2) is 0 Å². The van der Waals surface area contributed by atoms with Crippen molar-refractivity contribution in [3.63, 3.8) is 0 Å². The van der Waals surface area contributed by atoms with Crippen molar-refractivity contribution >= 4 is 0 Å². The molecular weight excluding hydrogens is 234 g/mol. The van der Waals surface area contributed by atoms with Gasteiger partial charge in [0.1, 0.15) is 12.6 Å². The zero-order valence-corrected chi connectivity index (χ0v) is 12.6. The predicted molar refractivity (Wildman–Crippen MR) is 69.6 cm³/mol. The van der Waals surface area contributed by atoms with Crippen LogP contribution >= 0.6 is 0 Å². The maximum atomic E-state index is 5.45. The average molecular weight is 264 g/mol. The van der Waals surface area contributed by atoms with E-state index in [1.807, 2.05) is 0 Å². The highest BCUT2D eigenvalue weighted by molar-refractivity contribution is 4.69. The standard InChI is InChI=1S/C14H30NO.ClH/c1-4-7-10-15(9-6-3,11-8-5-2)12-14-13-16-14;/h14H,4-13H2,1-3H3;1H/q+1;/p-1. The van der Waals surface area contributed by atoms with Crippen molar-refractivity contribution in [1.82, 2.24) is 0 Å². The molecule has 0 spiro atoms. The Hall–Kier alpha value is 0.210. The quantitative estimate of drug-likeness (QED) is 0.406. The minimum atomic E-state index is 0. The normalized spacial score (nSPS) is 18.9. The molecule has 0 aromatic heterocycles. The zero-order chi connectivity index (χ0) is 11.9. The van der Waals surface area contributed by atoms with Gasteiger partial charge in [0.25, 0.3) is 0 Å². The van der Waals surface area contributed by atoms with Gasteiger partial charge in [-0.05, 0) is 19.3 Å². The molecule has 17 heavy (non-hydrogen) atoms. The molecule has 1 fully saturated rings. The fourth-order valence-electron chi connectivity index (χ4n) is 2.68. The fourth-order valence-corrected chi connectivity index (χ4v) is 2.68. The van der Waals surface area contributed by atoms with E-state index in [-0.39, 0.29) is 12.4 Å². The molecule has 0 aromatic carbocycles. The van der Waals surface area contributed by atoms with Crippen LogP contribution in [0.1, 0.15) is 52.9 Å². The number of hydrogen-bond donors (Lipinski definition) is 0. The van der Waals surface area contributed by atoms with E-state index in [1.54, 1.807) is 0 Å². The van der Waals surface area contributed by atoms with Crippen LogP contribution in [-0.4, -0.2) is 43.4 Å². The van der Waals surface area contributed by atoms with Gasteiger partial charge >= 0.3 is 0 Å². The first kappa shape index (κ1) is 17.2. The number of ether oxygens (including phenoxy) is 1. The van der Waals surface area contributed by atoms with Crippen LogP contribution in [0.3, 0.4) is 0 Å². The van der Waals surface area contributed by atoms with Crippen LogP contribution in [0, 0.1) is 0 Å². The molecule has 0 aliphatic carbocycles. The molecule has 0 N–H and O–H groups in total. The number of nitrogens with zero attached hydrogens (tertiary/aromatic N) is 1. The predicted octanol–water partition coefficient (Wildman–Crippen LogP) is 0.216. The fraction of sp³-hybridized carbons (Fsp3) is 1.00. The lowest BCUT2D eigenvalue weighted by Crippen LogP contribution is -3.00. The molecule has 104 valence electrons. The lowest BCUT2D eigenvalue weighted by Gasteiger charge is -2.38. The van der Waals surface area contributed by atoms with E-state index in [9.17, 15) is 0 Å². The van der Waals surface area contributed by atoms with E-state index < -0.39 is 0 Å². The summed E-state index contributed by atoms with van der Waals surface area (Å²) >= 11 is 0. The average Bonchev–Trinajstić information content (AvgIpc) is 3.08. The van der Waals surface area contributed by atoms with Crippen LogP contribution < -0.4 is 12.4 Å². The number of quaternary nitrogens is 1. The number of epoxide rings is 1. The lowest BCUT2D eigenvalue weighted by molar-refractivity contribution is -0.929. The molecule has 0 aromatic rings. The van der Waals surface area contributed by atoms with E-state index in [0.29, 0.717) is 6.10 Å². The minimum Gasteiger partial charge on any atom is -1.00 e. The van der Waals surface area contributed by atoms with Crippen LogP contribution in [0.15, 0.2) is 0 Å². The van der Waals surface area contributed by atoms with Crippen molar-refractivity contribution < 1.29 is 21.6 Å². The summed E-state index contributed by atoms with van der Waals surface area (Å²) in [7, 11) is 0. The number of unbranched alkanes of at least 4 members (excludes halogenated alkanes) is 2. The third-order valence-corrected chi connectivity index (χ3v) is 3.66. The molecule has 1 saturated heterocycles. The van der Waals surface area contributed by atoms with Crippen LogP contribution in [0.25, 0.3) is 0 Å². The Morgan fingerprint density at radius 3 is 1.82 bits per heavy atom. The number of rotatable bonds is 10. The van der Waals surface area contributed by atoms with Crippen molar-refractivity contribution in [2.45, 2.75) is 59.0 Å². The first-order valence-electron chi connectivity index (χ1n) is 7.23. The highest BCUT2D eigenvalue weighted by Gasteiger charge is 2.35. The second-order valence-corrected chi connectivity index (χ2v) is 5.36. The lowest BCUT2D eigenvalue weighted by atomic mass is 10.1. The molecule has 1 aliphatic rings. The maximum Gasteiger partial charge on any atom is 0.130 e. The highest BCUT2D eigenvalue weighted by atomic mass is 35.5. The molecule has 0 saturated carbocycles. The summed E-state index contributed by atoms with van der Waals surface area (Å²) in [5.41, 5.74) is 0. The van der Waals surface area contributed by atoms with Crippen molar-refractivity contribution in [3.8, 4) is 0 Å². The summed E-state index contributed by atoms with van der Waals surface area (Å²) < 4.78 is 6.78. The second kappa shape index (κ2) is 9.18. The molecular formula is C14H30ClNO. The van der Waals surface area contributed by atoms with Gasteiger partial charge < -0.3 is 21.6 Å². The first-order chi connectivity index (χ1) is 7.76. The molecule has 1 rings (SSSR count). The Balaban J connectivity index is 0.00000256. The third kappa shape index (κ3) is 6.64. The highest BCUT2D eigenvalue weighted by Crippen LogP contribution is 2.20. The van der Waals surface area contributed by atoms with E-state index >= 15 is 0 Å². The van der Waals surface area contributed by atoms with Gasteiger partial charge in [-0.15, -0.1) is 0 Å². The molecule has 1 heterocycles. The second-order valence-electron chi connectivity index (χ2n) is 5.36. The Morgan fingerprint density at radius 2 is 1.47 bits per heavy atom. The van der Waals surface area contributed by atoms with Gasteiger partial charge in [-0.2, -0.15) is 0 Å². The van der Waals surface area contributed by atoms with Gasteiger partial charge in [0.05, 0.1) is 26.2 Å². The number of hydrogen-bond acceptors (Lipinski definition) is 1. The molecule has 0 amide bonds. The van der Waals surface area contributed by atoms with Crippen molar-refractivity contribution in [2.75, 3.05) is 32.8 Å². The molecule has 1 unspecified atom stereocenters. The van der Waals surface area contributed by atoms with Gasteiger partial charge in [-0.3, -0.25) is 0 Å². The molecule has 1 atom stereocenters. The Morgan fingerprint density at radius 1 is 0.941 bits per heavy atom. The topological polar surface area (TPSA) is 12.5 Å². The molecule has 1 aliphatic heterocycles. The molecule has 0 bridgehead atoms. The first-order valence-corrected chi connectivity index (χ1v) is 7.23. The van der Waals surface area contributed by atoms with Crippen molar-refractivity contribution in [3.05, 3.63) is 0 Å². The molecule has 0 radical (unpaired) electrons. The smallest absolute Gasteiger partial charge is 0.130 e. The summed E-state index contributed by atoms with van der Waals surface area (Å²) in [6, 6.07) is 0.